The topological polar surface area (TPSA) is 64.8 Å². The molecule has 0 unspecified atom stereocenters. The molecule has 21 heavy (non-hydrogen) atoms. The highest BCUT2D eigenvalue weighted by Gasteiger charge is 2.29. The average molecular weight is 292 g/mol. The Balaban J connectivity index is 2.23. The van der Waals surface area contributed by atoms with Crippen LogP contribution in [0, 0.1) is 5.41 Å². The molecule has 1 saturated heterocycles. The van der Waals surface area contributed by atoms with Gasteiger partial charge in [-0.1, -0.05) is 13.8 Å². The molecule has 0 saturated carbocycles. The lowest BCUT2D eigenvalue weighted by molar-refractivity contribution is 0.0631. The maximum atomic E-state index is 12.6. The van der Waals surface area contributed by atoms with E-state index in [9.17, 15) is 4.79 Å². The quantitative estimate of drug-likeness (QED) is 0.870. The molecule has 2 rings (SSSR count). The molecule has 0 aromatic heterocycles. The second-order valence-corrected chi connectivity index (χ2v) is 6.25. The van der Waals surface area contributed by atoms with Crippen LogP contribution in [0.1, 0.15) is 37.0 Å². The fourth-order valence-corrected chi connectivity index (χ4v) is 2.57. The lowest BCUT2D eigenvalue weighted by Gasteiger charge is -2.37. The molecule has 5 nitrogen and oxygen atoms in total. The van der Waals surface area contributed by atoms with Crippen LogP contribution < -0.4 is 15.2 Å². The van der Waals surface area contributed by atoms with Crippen molar-refractivity contribution in [2.24, 2.45) is 5.41 Å². The van der Waals surface area contributed by atoms with E-state index in [0.29, 0.717) is 28.2 Å². The van der Waals surface area contributed by atoms with Crippen molar-refractivity contribution in [3.05, 3.63) is 17.7 Å². The summed E-state index contributed by atoms with van der Waals surface area (Å²) in [5.41, 5.74) is 7.20. The monoisotopic (exact) mass is 292 g/mol. The first kappa shape index (κ1) is 15.5. The number of hydrogen-bond donors (Lipinski definition) is 1. The van der Waals surface area contributed by atoms with Crippen LogP contribution in [0.2, 0.25) is 0 Å². The van der Waals surface area contributed by atoms with E-state index in [1.54, 1.807) is 26.4 Å². The number of amides is 1. The number of anilines is 1. The normalized spacial score (nSPS) is 17.4. The number of methoxy groups -OCH3 is 2. The number of piperidine rings is 1. The van der Waals surface area contributed by atoms with Crippen LogP contribution in [0.25, 0.3) is 0 Å². The summed E-state index contributed by atoms with van der Waals surface area (Å²) in [5, 5.41) is 0. The minimum absolute atomic E-state index is 0.0380. The highest BCUT2D eigenvalue weighted by Crippen LogP contribution is 2.34. The number of ether oxygens (including phenoxy) is 2. The van der Waals surface area contributed by atoms with E-state index in [4.69, 9.17) is 15.2 Å². The Morgan fingerprint density at radius 2 is 1.67 bits per heavy atom. The summed E-state index contributed by atoms with van der Waals surface area (Å²) in [7, 11) is 3.09. The molecule has 0 radical (unpaired) electrons. The van der Waals surface area contributed by atoms with E-state index in [1.165, 1.54) is 0 Å². The minimum atomic E-state index is -0.0380. The molecule has 1 aromatic carbocycles. The molecule has 1 aliphatic rings. The van der Waals surface area contributed by atoms with Crippen LogP contribution in [0.4, 0.5) is 5.69 Å². The highest BCUT2D eigenvalue weighted by atomic mass is 16.5. The maximum absolute atomic E-state index is 12.6. The Morgan fingerprint density at radius 3 is 2.19 bits per heavy atom. The van der Waals surface area contributed by atoms with Gasteiger partial charge in [-0.3, -0.25) is 4.79 Å². The van der Waals surface area contributed by atoms with Gasteiger partial charge in [0.2, 0.25) is 0 Å². The first-order valence-electron chi connectivity index (χ1n) is 7.19. The smallest absolute Gasteiger partial charge is 0.256 e. The van der Waals surface area contributed by atoms with Gasteiger partial charge in [0.25, 0.3) is 5.91 Å². The van der Waals surface area contributed by atoms with Crippen molar-refractivity contribution in [3.63, 3.8) is 0 Å². The lowest BCUT2D eigenvalue weighted by Crippen LogP contribution is -2.41. The maximum Gasteiger partial charge on any atom is 0.256 e. The van der Waals surface area contributed by atoms with E-state index in [1.807, 2.05) is 4.90 Å². The summed E-state index contributed by atoms with van der Waals surface area (Å²) < 4.78 is 10.4. The van der Waals surface area contributed by atoms with Gasteiger partial charge in [-0.25, -0.2) is 0 Å². The van der Waals surface area contributed by atoms with Crippen molar-refractivity contribution in [1.29, 1.82) is 0 Å². The van der Waals surface area contributed by atoms with Gasteiger partial charge in [-0.2, -0.15) is 0 Å². The number of nitrogens with two attached hydrogens (primary N) is 1. The van der Waals surface area contributed by atoms with Gasteiger partial charge in [0.05, 0.1) is 19.8 Å². The molecular weight excluding hydrogens is 268 g/mol. The first-order valence-corrected chi connectivity index (χ1v) is 7.19. The molecule has 0 spiro atoms. The summed E-state index contributed by atoms with van der Waals surface area (Å²) in [5.74, 6) is 1.02. The van der Waals surface area contributed by atoms with Gasteiger partial charge < -0.3 is 20.1 Å². The van der Waals surface area contributed by atoms with Crippen molar-refractivity contribution in [2.45, 2.75) is 26.7 Å². The Bertz CT molecular complexity index is 531. The van der Waals surface area contributed by atoms with Crippen LogP contribution in [-0.4, -0.2) is 38.1 Å². The number of rotatable bonds is 3. The zero-order chi connectivity index (χ0) is 15.6. The Labute approximate surface area is 126 Å². The number of hydrogen-bond acceptors (Lipinski definition) is 4. The molecule has 1 aliphatic heterocycles. The molecule has 1 heterocycles. The van der Waals surface area contributed by atoms with Gasteiger partial charge >= 0.3 is 0 Å². The largest absolute Gasteiger partial charge is 0.493 e. The first-order chi connectivity index (χ1) is 9.88. The third-order valence-electron chi connectivity index (χ3n) is 4.19. The molecule has 0 bridgehead atoms. The lowest BCUT2D eigenvalue weighted by atomic mass is 9.82. The van der Waals surface area contributed by atoms with Crippen LogP contribution in [0.15, 0.2) is 12.1 Å². The van der Waals surface area contributed by atoms with Crippen molar-refractivity contribution in [2.75, 3.05) is 33.0 Å². The van der Waals surface area contributed by atoms with Crippen LogP contribution in [0.3, 0.4) is 0 Å². The highest BCUT2D eigenvalue weighted by molar-refractivity contribution is 6.00. The van der Waals surface area contributed by atoms with Gasteiger partial charge in [-0.15, -0.1) is 0 Å². The van der Waals surface area contributed by atoms with E-state index in [-0.39, 0.29) is 5.91 Å². The fourth-order valence-electron chi connectivity index (χ4n) is 2.57. The molecule has 0 atom stereocenters. The summed E-state index contributed by atoms with van der Waals surface area (Å²) >= 11 is 0. The molecule has 0 aliphatic carbocycles. The summed E-state index contributed by atoms with van der Waals surface area (Å²) in [4.78, 5) is 14.5. The van der Waals surface area contributed by atoms with Crippen molar-refractivity contribution >= 4 is 11.6 Å². The number of likely N-dealkylation sites (tertiary alicyclic amines) is 1. The van der Waals surface area contributed by atoms with Crippen molar-refractivity contribution in [1.82, 2.24) is 4.90 Å². The molecule has 116 valence electrons. The second-order valence-electron chi connectivity index (χ2n) is 6.25. The van der Waals surface area contributed by atoms with E-state index >= 15 is 0 Å². The van der Waals surface area contributed by atoms with Gasteiger partial charge in [0.15, 0.2) is 11.5 Å². The van der Waals surface area contributed by atoms with Crippen molar-refractivity contribution < 1.29 is 14.3 Å². The Hall–Kier alpha value is -1.91. The summed E-state index contributed by atoms with van der Waals surface area (Å²) in [6.07, 6.45) is 2.01. The minimum Gasteiger partial charge on any atom is -0.493 e. The van der Waals surface area contributed by atoms with E-state index in [0.717, 1.165) is 25.9 Å². The van der Waals surface area contributed by atoms with Crippen LogP contribution in [-0.2, 0) is 0 Å². The van der Waals surface area contributed by atoms with Crippen LogP contribution in [0.5, 0.6) is 11.5 Å². The standard InChI is InChI=1S/C16H24N2O3/c1-16(2)5-7-18(8-6-16)15(19)11-9-13(20-3)14(21-4)10-12(11)17/h9-10H,5-8,17H2,1-4H3. The predicted molar refractivity (Wildman–Crippen MR) is 82.9 cm³/mol. The number of carbonyl (C=O) groups is 1. The molecule has 1 aromatic rings. The van der Waals surface area contributed by atoms with Gasteiger partial charge in [0, 0.05) is 24.8 Å². The zero-order valence-corrected chi connectivity index (χ0v) is 13.2. The van der Waals surface area contributed by atoms with Crippen LogP contribution >= 0.6 is 0 Å². The Kier molecular flexibility index (Phi) is 4.30. The number of carbonyl (C=O) groups excluding carboxylic acids is 1. The number of nitrogens with zero attached hydrogens (tertiary/aromatic N) is 1. The van der Waals surface area contributed by atoms with E-state index in [2.05, 4.69) is 13.8 Å². The Morgan fingerprint density at radius 1 is 1.14 bits per heavy atom. The predicted octanol–water partition coefficient (Wildman–Crippen LogP) is 2.55. The average Bonchev–Trinajstić information content (AvgIpc) is 2.46. The molecule has 5 heteroatoms. The SMILES string of the molecule is COc1cc(N)c(C(=O)N2CCC(C)(C)CC2)cc1OC. The number of benzene rings is 1. The number of nitrogen functional groups attached to an aromatic ring is 1. The third-order valence-corrected chi connectivity index (χ3v) is 4.19. The van der Waals surface area contributed by atoms with E-state index < -0.39 is 0 Å². The fraction of sp³-hybridized carbons (Fsp3) is 0.562. The second kappa shape index (κ2) is 5.84. The van der Waals surface area contributed by atoms with Gasteiger partial charge in [0.1, 0.15) is 0 Å². The molecule has 1 amide bonds. The molecule has 1 fully saturated rings. The zero-order valence-electron chi connectivity index (χ0n) is 13.2. The summed E-state index contributed by atoms with van der Waals surface area (Å²) in [6, 6.07) is 3.30. The summed E-state index contributed by atoms with van der Waals surface area (Å²) in [6.45, 7) is 6.00. The van der Waals surface area contributed by atoms with Crippen molar-refractivity contribution in [3.8, 4) is 11.5 Å². The van der Waals surface area contributed by atoms with Gasteiger partial charge in [-0.05, 0) is 24.3 Å². The molecular formula is C16H24N2O3. The third kappa shape index (κ3) is 3.23. The molecule has 2 N–H and O–H groups in total.